The van der Waals surface area contributed by atoms with Crippen LogP contribution >= 0.6 is 11.3 Å². The van der Waals surface area contributed by atoms with Crippen LogP contribution < -0.4 is 14.4 Å². The van der Waals surface area contributed by atoms with E-state index in [0.29, 0.717) is 28.7 Å². The lowest BCUT2D eigenvalue weighted by atomic mass is 10.2. The number of anilines is 1. The average Bonchev–Trinajstić information content (AvgIpc) is 3.34. The molecule has 0 bridgehead atoms. The summed E-state index contributed by atoms with van der Waals surface area (Å²) in [5.74, 6) is 0.878. The molecule has 0 N–H and O–H groups in total. The van der Waals surface area contributed by atoms with Crippen molar-refractivity contribution in [3.05, 3.63) is 53.9 Å². The van der Waals surface area contributed by atoms with E-state index in [9.17, 15) is 9.18 Å². The van der Waals surface area contributed by atoms with Crippen LogP contribution in [0.15, 0.2) is 42.5 Å². The normalized spacial score (nSPS) is 12.9. The fourth-order valence-corrected chi connectivity index (χ4v) is 4.14. The highest BCUT2D eigenvalue weighted by molar-refractivity contribution is 7.22. The summed E-state index contributed by atoms with van der Waals surface area (Å²) < 4.78 is 25.0. The molecular formula is C22H22FN3O3S. The predicted molar refractivity (Wildman–Crippen MR) is 117 cm³/mol. The van der Waals surface area contributed by atoms with Crippen LogP contribution in [0.1, 0.15) is 12.0 Å². The number of ether oxygens (including phenoxy) is 2. The van der Waals surface area contributed by atoms with Crippen molar-refractivity contribution in [1.82, 2.24) is 9.88 Å². The first kappa shape index (κ1) is 20.3. The highest BCUT2D eigenvalue weighted by atomic mass is 32.1. The third-order valence-electron chi connectivity index (χ3n) is 4.64. The van der Waals surface area contributed by atoms with Gasteiger partial charge in [-0.25, -0.2) is 9.37 Å². The van der Waals surface area contributed by atoms with Crippen molar-refractivity contribution >= 4 is 38.7 Å². The van der Waals surface area contributed by atoms with Crippen molar-refractivity contribution in [3.63, 3.8) is 0 Å². The minimum Gasteiger partial charge on any atom is -0.454 e. The molecule has 1 aliphatic rings. The van der Waals surface area contributed by atoms with Crippen molar-refractivity contribution in [2.75, 3.05) is 38.9 Å². The van der Waals surface area contributed by atoms with Crippen LogP contribution in [0, 0.1) is 5.82 Å². The molecule has 4 rings (SSSR count). The minimum atomic E-state index is -0.314. The van der Waals surface area contributed by atoms with Crippen LogP contribution in [-0.2, 0) is 4.79 Å². The highest BCUT2D eigenvalue weighted by Gasteiger charge is 2.18. The highest BCUT2D eigenvalue weighted by Crippen LogP contribution is 2.33. The molecule has 0 atom stereocenters. The Balaban J connectivity index is 1.56. The molecule has 0 aliphatic carbocycles. The van der Waals surface area contributed by atoms with Gasteiger partial charge in [0, 0.05) is 12.6 Å². The number of nitrogens with zero attached hydrogens (tertiary/aromatic N) is 3. The standard InChI is InChI=1S/C22H22FN3O3S/c1-25(2)10-3-11-26(22-24-17-7-6-16(23)13-20(17)30-22)21(27)9-5-15-4-8-18-19(12-15)29-14-28-18/h4-9,12-13H,3,10-11,14H2,1-2H3. The molecule has 8 heteroatoms. The predicted octanol–water partition coefficient (Wildman–Crippen LogP) is 4.16. The molecule has 1 amide bonds. The molecule has 30 heavy (non-hydrogen) atoms. The van der Waals surface area contributed by atoms with Crippen LogP contribution in [0.25, 0.3) is 16.3 Å². The number of amides is 1. The Kier molecular flexibility index (Phi) is 5.96. The molecule has 3 aromatic rings. The van der Waals surface area contributed by atoms with E-state index in [2.05, 4.69) is 9.88 Å². The smallest absolute Gasteiger partial charge is 0.252 e. The van der Waals surface area contributed by atoms with Gasteiger partial charge in [0.15, 0.2) is 16.6 Å². The van der Waals surface area contributed by atoms with Crippen LogP contribution in [0.5, 0.6) is 11.5 Å². The maximum Gasteiger partial charge on any atom is 0.252 e. The molecule has 0 radical (unpaired) electrons. The first-order valence-electron chi connectivity index (χ1n) is 9.60. The largest absolute Gasteiger partial charge is 0.454 e. The fourth-order valence-electron chi connectivity index (χ4n) is 3.12. The molecule has 0 spiro atoms. The zero-order valence-electron chi connectivity index (χ0n) is 16.8. The summed E-state index contributed by atoms with van der Waals surface area (Å²) in [7, 11) is 3.98. The Labute approximate surface area is 178 Å². The summed E-state index contributed by atoms with van der Waals surface area (Å²) in [6.45, 7) is 1.57. The molecule has 0 saturated heterocycles. The van der Waals surface area contributed by atoms with Gasteiger partial charge in [0.2, 0.25) is 6.79 Å². The number of carbonyl (C=O) groups excluding carboxylic acids is 1. The van der Waals surface area contributed by atoms with Gasteiger partial charge < -0.3 is 14.4 Å². The Morgan fingerprint density at radius 1 is 1.17 bits per heavy atom. The number of benzene rings is 2. The molecule has 1 aliphatic heterocycles. The quantitative estimate of drug-likeness (QED) is 0.530. The maximum atomic E-state index is 13.6. The average molecular weight is 428 g/mol. The lowest BCUT2D eigenvalue weighted by Crippen LogP contribution is -2.32. The molecule has 2 heterocycles. The van der Waals surface area contributed by atoms with Crippen molar-refractivity contribution in [3.8, 4) is 11.5 Å². The third kappa shape index (κ3) is 4.60. The van der Waals surface area contributed by atoms with Crippen LogP contribution in [0.3, 0.4) is 0 Å². The molecule has 0 saturated carbocycles. The Morgan fingerprint density at radius 3 is 2.83 bits per heavy atom. The first-order valence-corrected chi connectivity index (χ1v) is 10.4. The fraction of sp³-hybridized carbons (Fsp3) is 0.273. The van der Waals surface area contributed by atoms with E-state index >= 15 is 0 Å². The number of rotatable bonds is 7. The lowest BCUT2D eigenvalue weighted by molar-refractivity contribution is -0.114. The van der Waals surface area contributed by atoms with Gasteiger partial charge in [-0.15, -0.1) is 0 Å². The molecule has 1 aromatic heterocycles. The second-order valence-electron chi connectivity index (χ2n) is 7.20. The summed E-state index contributed by atoms with van der Waals surface area (Å²) in [5.41, 5.74) is 1.52. The Morgan fingerprint density at radius 2 is 2.00 bits per heavy atom. The maximum absolute atomic E-state index is 13.6. The lowest BCUT2D eigenvalue weighted by Gasteiger charge is -2.19. The van der Waals surface area contributed by atoms with Crippen molar-refractivity contribution in [1.29, 1.82) is 0 Å². The summed E-state index contributed by atoms with van der Waals surface area (Å²) in [6, 6.07) is 9.99. The number of halogens is 1. The van der Waals surface area contributed by atoms with E-state index in [1.54, 1.807) is 17.0 Å². The molecular weight excluding hydrogens is 405 g/mol. The molecule has 6 nitrogen and oxygen atoms in total. The molecule has 2 aromatic carbocycles. The number of carbonyl (C=O) groups is 1. The zero-order chi connectivity index (χ0) is 21.1. The molecule has 0 unspecified atom stereocenters. The summed E-state index contributed by atoms with van der Waals surface area (Å²) in [4.78, 5) is 21.3. The number of hydrogen-bond donors (Lipinski definition) is 0. The van der Waals surface area contributed by atoms with E-state index in [4.69, 9.17) is 9.47 Å². The minimum absolute atomic E-state index is 0.175. The van der Waals surface area contributed by atoms with Gasteiger partial charge in [0.25, 0.3) is 5.91 Å². The van der Waals surface area contributed by atoms with Crippen LogP contribution in [-0.4, -0.2) is 49.8 Å². The van der Waals surface area contributed by atoms with Gasteiger partial charge >= 0.3 is 0 Å². The van der Waals surface area contributed by atoms with E-state index in [0.717, 1.165) is 23.2 Å². The Bertz CT molecular complexity index is 1100. The Hall–Kier alpha value is -2.97. The topological polar surface area (TPSA) is 54.9 Å². The number of aromatic nitrogens is 1. The van der Waals surface area contributed by atoms with Gasteiger partial charge in [-0.05, 0) is 69.0 Å². The molecule has 156 valence electrons. The van der Waals surface area contributed by atoms with Gasteiger partial charge in [0.1, 0.15) is 5.82 Å². The second kappa shape index (κ2) is 8.81. The van der Waals surface area contributed by atoms with E-state index in [-0.39, 0.29) is 18.5 Å². The van der Waals surface area contributed by atoms with Gasteiger partial charge in [-0.2, -0.15) is 0 Å². The van der Waals surface area contributed by atoms with Crippen molar-refractivity contribution < 1.29 is 18.7 Å². The molecule has 0 fully saturated rings. The van der Waals surface area contributed by atoms with Gasteiger partial charge in [0.05, 0.1) is 10.2 Å². The van der Waals surface area contributed by atoms with Gasteiger partial charge in [-0.1, -0.05) is 17.4 Å². The second-order valence-corrected chi connectivity index (χ2v) is 8.21. The SMILES string of the molecule is CN(C)CCCN(C(=O)C=Cc1ccc2c(c1)OCO2)c1nc2ccc(F)cc2s1. The summed E-state index contributed by atoms with van der Waals surface area (Å²) in [5, 5.41) is 0.565. The van der Waals surface area contributed by atoms with E-state index < -0.39 is 0 Å². The van der Waals surface area contributed by atoms with Crippen molar-refractivity contribution in [2.45, 2.75) is 6.42 Å². The number of hydrogen-bond acceptors (Lipinski definition) is 6. The summed E-state index contributed by atoms with van der Waals surface area (Å²) in [6.07, 6.45) is 4.07. The summed E-state index contributed by atoms with van der Waals surface area (Å²) >= 11 is 1.31. The zero-order valence-corrected chi connectivity index (χ0v) is 17.6. The van der Waals surface area contributed by atoms with E-state index in [1.807, 2.05) is 32.3 Å². The van der Waals surface area contributed by atoms with E-state index in [1.165, 1.54) is 29.5 Å². The third-order valence-corrected chi connectivity index (χ3v) is 5.68. The monoisotopic (exact) mass is 427 g/mol. The van der Waals surface area contributed by atoms with Crippen molar-refractivity contribution in [2.24, 2.45) is 0 Å². The number of fused-ring (bicyclic) bond motifs is 2. The van der Waals surface area contributed by atoms with Crippen LogP contribution in [0.2, 0.25) is 0 Å². The van der Waals surface area contributed by atoms with Gasteiger partial charge in [-0.3, -0.25) is 9.69 Å². The first-order chi connectivity index (χ1) is 14.5. The number of thiazole rings is 1. The van der Waals surface area contributed by atoms with Crippen LogP contribution in [0.4, 0.5) is 9.52 Å².